The summed E-state index contributed by atoms with van der Waals surface area (Å²) in [5, 5.41) is 13.6. The second kappa shape index (κ2) is 8.34. The van der Waals surface area contributed by atoms with E-state index in [4.69, 9.17) is 4.42 Å². The van der Waals surface area contributed by atoms with E-state index in [0.717, 1.165) is 11.3 Å². The van der Waals surface area contributed by atoms with Gasteiger partial charge in [-0.15, -0.1) is 16.8 Å². The number of allylic oxidation sites excluding steroid dienone is 1. The Morgan fingerprint density at radius 1 is 1.46 bits per heavy atom. The number of urea groups is 1. The van der Waals surface area contributed by atoms with Gasteiger partial charge in [-0.2, -0.15) is 0 Å². The first-order chi connectivity index (χ1) is 11.6. The molecule has 0 fully saturated rings. The van der Waals surface area contributed by atoms with Crippen molar-refractivity contribution in [3.05, 3.63) is 30.7 Å². The van der Waals surface area contributed by atoms with E-state index in [2.05, 4.69) is 27.4 Å². The van der Waals surface area contributed by atoms with Gasteiger partial charge in [0.1, 0.15) is 5.76 Å². The van der Waals surface area contributed by atoms with Gasteiger partial charge in [-0.1, -0.05) is 17.8 Å². The monoisotopic (exact) mass is 349 g/mol. The molecule has 8 nitrogen and oxygen atoms in total. The predicted octanol–water partition coefficient (Wildman–Crippen LogP) is 1.97. The molecule has 0 aliphatic heterocycles. The van der Waals surface area contributed by atoms with E-state index in [1.54, 1.807) is 19.3 Å². The molecule has 2 aromatic rings. The minimum Gasteiger partial charge on any atom is -0.469 e. The molecular formula is C15H19N5O3S. The van der Waals surface area contributed by atoms with Crippen LogP contribution in [0.2, 0.25) is 0 Å². The summed E-state index contributed by atoms with van der Waals surface area (Å²) >= 11 is 1.20. The Hall–Kier alpha value is -2.55. The van der Waals surface area contributed by atoms with E-state index in [0.29, 0.717) is 24.1 Å². The molecular weight excluding hydrogens is 330 g/mol. The van der Waals surface area contributed by atoms with Crippen LogP contribution in [-0.4, -0.2) is 39.0 Å². The first kappa shape index (κ1) is 17.8. The van der Waals surface area contributed by atoms with Gasteiger partial charge in [0.05, 0.1) is 17.6 Å². The minimum absolute atomic E-state index is 0.0524. The first-order valence-electron chi connectivity index (χ1n) is 7.35. The number of carbonyl (C=O) groups excluding carboxylic acids is 2. The molecule has 2 N–H and O–H groups in total. The number of thioether (sulfide) groups is 1. The number of furan rings is 1. The normalized spacial score (nSPS) is 10.4. The fraction of sp³-hybridized carbons (Fsp3) is 0.333. The lowest BCUT2D eigenvalue weighted by Crippen LogP contribution is -2.40. The van der Waals surface area contributed by atoms with Crippen LogP contribution in [0.4, 0.5) is 4.79 Å². The number of aromatic nitrogens is 3. The third kappa shape index (κ3) is 4.25. The van der Waals surface area contributed by atoms with Crippen molar-refractivity contribution in [2.75, 3.05) is 12.3 Å². The fourth-order valence-corrected chi connectivity index (χ4v) is 2.75. The summed E-state index contributed by atoms with van der Waals surface area (Å²) in [5.41, 5.74) is 0.836. The highest BCUT2D eigenvalue weighted by Crippen LogP contribution is 2.26. The molecule has 3 amide bonds. The molecule has 0 aromatic carbocycles. The highest BCUT2D eigenvalue weighted by atomic mass is 32.2. The number of nitrogens with zero attached hydrogens (tertiary/aromatic N) is 3. The fourth-order valence-electron chi connectivity index (χ4n) is 2.00. The standard InChI is InChI=1S/C15H19N5O3S/c1-4-7-20-13(11-6-8-23-10(11)3)18-19-15(20)24-9-12(21)17-14(22)16-5-2/h4,6,8H,1,5,7,9H2,2-3H3,(H2,16,17,21,22). The van der Waals surface area contributed by atoms with Crippen molar-refractivity contribution in [1.29, 1.82) is 0 Å². The Morgan fingerprint density at radius 3 is 2.88 bits per heavy atom. The average molecular weight is 349 g/mol. The summed E-state index contributed by atoms with van der Waals surface area (Å²) in [7, 11) is 0. The molecule has 0 aliphatic carbocycles. The van der Waals surface area contributed by atoms with E-state index < -0.39 is 11.9 Å². The van der Waals surface area contributed by atoms with Gasteiger partial charge in [0.2, 0.25) is 5.91 Å². The summed E-state index contributed by atoms with van der Waals surface area (Å²) in [6.07, 6.45) is 3.31. The van der Waals surface area contributed by atoms with E-state index in [1.165, 1.54) is 11.8 Å². The molecule has 0 saturated carbocycles. The third-order valence-electron chi connectivity index (χ3n) is 3.05. The smallest absolute Gasteiger partial charge is 0.321 e. The Labute approximate surface area is 143 Å². The second-order valence-electron chi connectivity index (χ2n) is 4.79. The number of nitrogens with one attached hydrogen (secondary N) is 2. The summed E-state index contributed by atoms with van der Waals surface area (Å²) < 4.78 is 7.15. The lowest BCUT2D eigenvalue weighted by Gasteiger charge is -2.07. The van der Waals surface area contributed by atoms with E-state index >= 15 is 0 Å². The number of hydrogen-bond acceptors (Lipinski definition) is 6. The largest absolute Gasteiger partial charge is 0.469 e. The first-order valence-corrected chi connectivity index (χ1v) is 8.34. The molecule has 0 spiro atoms. The van der Waals surface area contributed by atoms with Crippen molar-refractivity contribution in [2.45, 2.75) is 25.5 Å². The lowest BCUT2D eigenvalue weighted by molar-refractivity contribution is -0.117. The maximum Gasteiger partial charge on any atom is 0.321 e. The summed E-state index contributed by atoms with van der Waals surface area (Å²) in [6.45, 7) is 8.30. The number of carbonyl (C=O) groups is 2. The highest BCUT2D eigenvalue weighted by molar-refractivity contribution is 7.99. The molecule has 24 heavy (non-hydrogen) atoms. The van der Waals surface area contributed by atoms with Crippen LogP contribution in [0.1, 0.15) is 12.7 Å². The molecule has 2 rings (SSSR count). The zero-order valence-corrected chi connectivity index (χ0v) is 14.4. The van der Waals surface area contributed by atoms with Gasteiger partial charge in [0, 0.05) is 13.1 Å². The Bertz CT molecular complexity index is 737. The van der Waals surface area contributed by atoms with Crippen molar-refractivity contribution in [1.82, 2.24) is 25.4 Å². The van der Waals surface area contributed by atoms with Gasteiger partial charge >= 0.3 is 6.03 Å². The van der Waals surface area contributed by atoms with Crippen molar-refractivity contribution >= 4 is 23.7 Å². The average Bonchev–Trinajstić information content (AvgIpc) is 3.12. The maximum absolute atomic E-state index is 11.8. The van der Waals surface area contributed by atoms with Gasteiger partial charge in [-0.3, -0.25) is 14.7 Å². The SMILES string of the molecule is C=CCn1c(SCC(=O)NC(=O)NCC)nnc1-c1ccoc1C. The van der Waals surface area contributed by atoms with Gasteiger partial charge in [0.15, 0.2) is 11.0 Å². The topological polar surface area (TPSA) is 102 Å². The van der Waals surface area contributed by atoms with Crippen molar-refractivity contribution < 1.29 is 14.0 Å². The molecule has 0 saturated heterocycles. The van der Waals surface area contributed by atoms with Crippen molar-refractivity contribution in [2.24, 2.45) is 0 Å². The van der Waals surface area contributed by atoms with Crippen LogP contribution >= 0.6 is 11.8 Å². The number of amides is 3. The molecule has 2 heterocycles. The number of imide groups is 1. The number of aryl methyl sites for hydroxylation is 1. The van der Waals surface area contributed by atoms with E-state index in [1.807, 2.05) is 17.6 Å². The minimum atomic E-state index is -0.509. The van der Waals surface area contributed by atoms with Crippen LogP contribution in [0.3, 0.4) is 0 Å². The van der Waals surface area contributed by atoms with Crippen LogP contribution in [0.5, 0.6) is 0 Å². The lowest BCUT2D eigenvalue weighted by atomic mass is 10.2. The van der Waals surface area contributed by atoms with Crippen LogP contribution in [0.15, 0.2) is 34.6 Å². The van der Waals surface area contributed by atoms with Gasteiger partial charge in [-0.25, -0.2) is 4.79 Å². The number of rotatable bonds is 7. The third-order valence-corrected chi connectivity index (χ3v) is 4.02. The van der Waals surface area contributed by atoms with Gasteiger partial charge < -0.3 is 9.73 Å². The van der Waals surface area contributed by atoms with Crippen molar-refractivity contribution in [3.8, 4) is 11.4 Å². The molecule has 2 aromatic heterocycles. The van der Waals surface area contributed by atoms with Crippen LogP contribution < -0.4 is 10.6 Å². The van der Waals surface area contributed by atoms with Crippen LogP contribution in [-0.2, 0) is 11.3 Å². The summed E-state index contributed by atoms with van der Waals surface area (Å²) in [4.78, 5) is 23.1. The van der Waals surface area contributed by atoms with Crippen LogP contribution in [0.25, 0.3) is 11.4 Å². The maximum atomic E-state index is 11.8. The summed E-state index contributed by atoms with van der Waals surface area (Å²) in [5.74, 6) is 1.03. The molecule has 0 atom stereocenters. The highest BCUT2D eigenvalue weighted by Gasteiger charge is 2.18. The Morgan fingerprint density at radius 2 is 2.25 bits per heavy atom. The molecule has 0 aliphatic rings. The Kier molecular flexibility index (Phi) is 6.19. The molecule has 0 bridgehead atoms. The van der Waals surface area contributed by atoms with E-state index in [-0.39, 0.29) is 5.75 Å². The second-order valence-corrected chi connectivity index (χ2v) is 5.73. The van der Waals surface area contributed by atoms with Gasteiger partial charge in [0.25, 0.3) is 0 Å². The number of hydrogen-bond donors (Lipinski definition) is 2. The quantitative estimate of drug-likeness (QED) is 0.585. The molecule has 0 radical (unpaired) electrons. The zero-order chi connectivity index (χ0) is 17.5. The predicted molar refractivity (Wildman–Crippen MR) is 90.6 cm³/mol. The molecule has 128 valence electrons. The molecule has 9 heteroatoms. The zero-order valence-electron chi connectivity index (χ0n) is 13.5. The molecule has 0 unspecified atom stereocenters. The van der Waals surface area contributed by atoms with Gasteiger partial charge in [-0.05, 0) is 19.9 Å². The summed E-state index contributed by atoms with van der Waals surface area (Å²) in [6, 6.07) is 1.31. The van der Waals surface area contributed by atoms with Crippen molar-refractivity contribution in [3.63, 3.8) is 0 Å². The van der Waals surface area contributed by atoms with E-state index in [9.17, 15) is 9.59 Å². The van der Waals surface area contributed by atoms with Crippen LogP contribution in [0, 0.1) is 6.92 Å². The Balaban J connectivity index is 2.09.